The lowest BCUT2D eigenvalue weighted by molar-refractivity contribution is -0.118. The van der Waals surface area contributed by atoms with E-state index in [4.69, 9.17) is 4.74 Å². The summed E-state index contributed by atoms with van der Waals surface area (Å²) in [4.78, 5) is 25.7. The Morgan fingerprint density at radius 2 is 1.72 bits per heavy atom. The smallest absolute Gasteiger partial charge is 0.262 e. The van der Waals surface area contributed by atoms with E-state index in [-0.39, 0.29) is 18.4 Å². The molecule has 0 aromatic heterocycles. The van der Waals surface area contributed by atoms with E-state index in [0.717, 1.165) is 5.69 Å². The van der Waals surface area contributed by atoms with Gasteiger partial charge in [-0.1, -0.05) is 25.3 Å². The Morgan fingerprint density at radius 3 is 2.41 bits per heavy atom. The van der Waals surface area contributed by atoms with Gasteiger partial charge in [-0.15, -0.1) is 0 Å². The van der Waals surface area contributed by atoms with Gasteiger partial charge in [0.15, 0.2) is 6.61 Å². The molecule has 0 atom stereocenters. The molecule has 2 aromatic carbocycles. The third-order valence-electron chi connectivity index (χ3n) is 5.00. The maximum atomic E-state index is 12.2. The van der Waals surface area contributed by atoms with Gasteiger partial charge in [0.1, 0.15) is 5.75 Å². The van der Waals surface area contributed by atoms with Crippen molar-refractivity contribution in [2.45, 2.75) is 38.1 Å². The number of carbonyl (C=O) groups is 2. The van der Waals surface area contributed by atoms with Crippen molar-refractivity contribution in [3.8, 4) is 5.75 Å². The standard InChI is InChI=1S/C23H29N3O3/c1-26(2)23(28)17-7-6-10-20(15-17)25-22(27)16-29-21-13-11-19(12-14-21)24-18-8-4-3-5-9-18/h6-7,10-15,18,24H,3-5,8-9,16H2,1-2H3,(H,25,27). The molecule has 154 valence electrons. The number of amides is 2. The van der Waals surface area contributed by atoms with Crippen LogP contribution in [-0.2, 0) is 4.79 Å². The van der Waals surface area contributed by atoms with E-state index >= 15 is 0 Å². The predicted octanol–water partition coefficient (Wildman–Crippen LogP) is 4.15. The monoisotopic (exact) mass is 395 g/mol. The molecular weight excluding hydrogens is 366 g/mol. The van der Waals surface area contributed by atoms with Crippen LogP contribution in [0.4, 0.5) is 11.4 Å². The maximum absolute atomic E-state index is 12.2. The van der Waals surface area contributed by atoms with Gasteiger partial charge < -0.3 is 20.3 Å². The molecule has 1 saturated carbocycles. The van der Waals surface area contributed by atoms with E-state index in [9.17, 15) is 9.59 Å². The highest BCUT2D eigenvalue weighted by molar-refractivity contribution is 5.97. The first-order valence-electron chi connectivity index (χ1n) is 10.1. The third-order valence-corrected chi connectivity index (χ3v) is 5.00. The van der Waals surface area contributed by atoms with Gasteiger partial charge in [0.25, 0.3) is 11.8 Å². The van der Waals surface area contributed by atoms with Gasteiger partial charge in [0, 0.05) is 37.1 Å². The van der Waals surface area contributed by atoms with Gasteiger partial charge >= 0.3 is 0 Å². The minimum atomic E-state index is -0.274. The molecule has 1 aliphatic rings. The normalized spacial score (nSPS) is 14.1. The number of hydrogen-bond donors (Lipinski definition) is 2. The number of nitrogens with one attached hydrogen (secondary N) is 2. The topological polar surface area (TPSA) is 70.7 Å². The highest BCUT2D eigenvalue weighted by Gasteiger charge is 2.13. The molecule has 0 bridgehead atoms. The number of anilines is 2. The molecule has 29 heavy (non-hydrogen) atoms. The van der Waals surface area contributed by atoms with E-state index < -0.39 is 0 Å². The Bertz CT molecular complexity index is 828. The quantitative estimate of drug-likeness (QED) is 0.739. The minimum Gasteiger partial charge on any atom is -0.484 e. The second-order valence-corrected chi connectivity index (χ2v) is 7.62. The molecule has 0 heterocycles. The predicted molar refractivity (Wildman–Crippen MR) is 116 cm³/mol. The number of ether oxygens (including phenoxy) is 1. The second-order valence-electron chi connectivity index (χ2n) is 7.62. The van der Waals surface area contributed by atoms with Crippen molar-refractivity contribution < 1.29 is 14.3 Å². The van der Waals surface area contributed by atoms with Crippen molar-refractivity contribution >= 4 is 23.2 Å². The van der Waals surface area contributed by atoms with E-state index in [1.54, 1.807) is 38.4 Å². The molecule has 0 unspecified atom stereocenters. The molecule has 0 spiro atoms. The second kappa shape index (κ2) is 9.96. The molecule has 0 saturated heterocycles. The van der Waals surface area contributed by atoms with Crippen LogP contribution in [0.25, 0.3) is 0 Å². The van der Waals surface area contributed by atoms with Crippen LogP contribution in [0.15, 0.2) is 48.5 Å². The summed E-state index contributed by atoms with van der Waals surface area (Å²) >= 11 is 0. The first-order valence-corrected chi connectivity index (χ1v) is 10.1. The van der Waals surface area contributed by atoms with Crippen LogP contribution in [0.3, 0.4) is 0 Å². The number of nitrogens with zero attached hydrogens (tertiary/aromatic N) is 1. The molecular formula is C23H29N3O3. The van der Waals surface area contributed by atoms with Crippen molar-refractivity contribution in [3.63, 3.8) is 0 Å². The Hall–Kier alpha value is -3.02. The van der Waals surface area contributed by atoms with Gasteiger partial charge in [-0.05, 0) is 55.3 Å². The lowest BCUT2D eigenvalue weighted by Gasteiger charge is -2.23. The van der Waals surface area contributed by atoms with E-state index in [1.807, 2.05) is 24.3 Å². The fourth-order valence-electron chi connectivity index (χ4n) is 3.46. The van der Waals surface area contributed by atoms with Gasteiger partial charge in [-0.25, -0.2) is 0 Å². The Labute approximate surface area is 172 Å². The van der Waals surface area contributed by atoms with Crippen LogP contribution in [0.5, 0.6) is 5.75 Å². The van der Waals surface area contributed by atoms with E-state index in [2.05, 4.69) is 10.6 Å². The summed E-state index contributed by atoms with van der Waals surface area (Å²) in [5.74, 6) is 0.258. The molecule has 6 heteroatoms. The number of benzene rings is 2. The zero-order chi connectivity index (χ0) is 20.6. The van der Waals surface area contributed by atoms with Gasteiger partial charge in [0.2, 0.25) is 0 Å². The van der Waals surface area contributed by atoms with Crippen molar-refractivity contribution in [1.29, 1.82) is 0 Å². The Balaban J connectivity index is 1.48. The van der Waals surface area contributed by atoms with Crippen LogP contribution in [0, 0.1) is 0 Å². The van der Waals surface area contributed by atoms with Gasteiger partial charge in [0.05, 0.1) is 0 Å². The van der Waals surface area contributed by atoms with Crippen LogP contribution in [-0.4, -0.2) is 43.5 Å². The zero-order valence-electron chi connectivity index (χ0n) is 17.1. The lowest BCUT2D eigenvalue weighted by Crippen LogP contribution is -2.23. The molecule has 6 nitrogen and oxygen atoms in total. The summed E-state index contributed by atoms with van der Waals surface area (Å²) in [7, 11) is 3.38. The van der Waals surface area contributed by atoms with E-state index in [0.29, 0.717) is 23.0 Å². The van der Waals surface area contributed by atoms with Crippen molar-refractivity contribution in [1.82, 2.24) is 4.90 Å². The van der Waals surface area contributed by atoms with Gasteiger partial charge in [-0.2, -0.15) is 0 Å². The van der Waals surface area contributed by atoms with Crippen LogP contribution >= 0.6 is 0 Å². The van der Waals surface area contributed by atoms with Gasteiger partial charge in [-0.3, -0.25) is 9.59 Å². The minimum absolute atomic E-state index is 0.0960. The highest BCUT2D eigenvalue weighted by atomic mass is 16.5. The maximum Gasteiger partial charge on any atom is 0.262 e. The average molecular weight is 396 g/mol. The lowest BCUT2D eigenvalue weighted by atomic mass is 9.95. The SMILES string of the molecule is CN(C)C(=O)c1cccc(NC(=O)COc2ccc(NC3CCCCC3)cc2)c1. The third kappa shape index (κ3) is 6.24. The molecule has 2 N–H and O–H groups in total. The van der Waals surface area contributed by atoms with Crippen LogP contribution in [0.1, 0.15) is 42.5 Å². The molecule has 3 rings (SSSR count). The van der Waals surface area contributed by atoms with Crippen LogP contribution in [0.2, 0.25) is 0 Å². The van der Waals surface area contributed by atoms with E-state index in [1.165, 1.54) is 37.0 Å². The summed E-state index contributed by atoms with van der Waals surface area (Å²) in [6.45, 7) is -0.0960. The summed E-state index contributed by atoms with van der Waals surface area (Å²) in [6, 6.07) is 15.1. The zero-order valence-corrected chi connectivity index (χ0v) is 17.1. The average Bonchev–Trinajstić information content (AvgIpc) is 2.73. The first kappa shape index (κ1) is 20.7. The van der Waals surface area contributed by atoms with Crippen molar-refractivity contribution in [3.05, 3.63) is 54.1 Å². The fraction of sp³-hybridized carbons (Fsp3) is 0.391. The highest BCUT2D eigenvalue weighted by Crippen LogP contribution is 2.23. The Kier molecular flexibility index (Phi) is 7.11. The molecule has 2 amide bonds. The number of carbonyl (C=O) groups excluding carboxylic acids is 2. The molecule has 1 fully saturated rings. The largest absolute Gasteiger partial charge is 0.484 e. The van der Waals surface area contributed by atoms with Crippen molar-refractivity contribution in [2.75, 3.05) is 31.3 Å². The van der Waals surface area contributed by atoms with Crippen LogP contribution < -0.4 is 15.4 Å². The summed E-state index contributed by atoms with van der Waals surface area (Å²) in [6.07, 6.45) is 6.36. The molecule has 2 aromatic rings. The summed E-state index contributed by atoms with van der Waals surface area (Å²) in [5, 5.41) is 6.33. The summed E-state index contributed by atoms with van der Waals surface area (Å²) < 4.78 is 5.59. The first-order chi connectivity index (χ1) is 14.0. The summed E-state index contributed by atoms with van der Waals surface area (Å²) in [5.41, 5.74) is 2.17. The Morgan fingerprint density at radius 1 is 1.00 bits per heavy atom. The molecule has 1 aliphatic carbocycles. The fourth-order valence-corrected chi connectivity index (χ4v) is 3.46. The van der Waals surface area contributed by atoms with Crippen molar-refractivity contribution in [2.24, 2.45) is 0 Å². The number of hydrogen-bond acceptors (Lipinski definition) is 4. The molecule has 0 radical (unpaired) electrons. The molecule has 0 aliphatic heterocycles. The number of rotatable bonds is 7.